The molecular weight excluding hydrogens is 300 g/mol. The Kier molecular flexibility index (Phi) is 8.24. The molecule has 1 heterocycles. The second kappa shape index (κ2) is 9.66. The van der Waals surface area contributed by atoms with E-state index in [-0.39, 0.29) is 18.3 Å². The van der Waals surface area contributed by atoms with E-state index in [1.807, 2.05) is 0 Å². The highest BCUT2D eigenvalue weighted by Gasteiger charge is 2.16. The molecule has 0 bridgehead atoms. The summed E-state index contributed by atoms with van der Waals surface area (Å²) in [4.78, 5) is 16.2. The summed E-state index contributed by atoms with van der Waals surface area (Å²) in [5.41, 5.74) is 6.81. The summed E-state index contributed by atoms with van der Waals surface area (Å²) in [5.74, 6) is -0.0658. The van der Waals surface area contributed by atoms with Crippen LogP contribution in [-0.2, 0) is 4.79 Å². The van der Waals surface area contributed by atoms with Crippen LogP contribution < -0.4 is 16.0 Å². The fourth-order valence-electron chi connectivity index (χ4n) is 2.54. The zero-order chi connectivity index (χ0) is 15.1. The van der Waals surface area contributed by atoms with E-state index in [4.69, 9.17) is 5.73 Å². The topological polar surface area (TPSA) is 61.6 Å². The Hall–Kier alpha value is -1.30. The maximum Gasteiger partial charge on any atom is 0.236 e. The molecule has 1 saturated heterocycles. The molecule has 1 aliphatic rings. The van der Waals surface area contributed by atoms with Crippen LogP contribution in [0.15, 0.2) is 30.3 Å². The van der Waals surface area contributed by atoms with Gasteiger partial charge in [0.1, 0.15) is 0 Å². The van der Waals surface area contributed by atoms with Gasteiger partial charge in [-0.1, -0.05) is 18.2 Å². The number of hydrogen-bond acceptors (Lipinski definition) is 4. The van der Waals surface area contributed by atoms with E-state index in [1.54, 1.807) is 6.92 Å². The summed E-state index contributed by atoms with van der Waals surface area (Å²) in [5, 5.41) is 2.86. The number of halogens is 1. The molecule has 124 valence electrons. The van der Waals surface area contributed by atoms with E-state index >= 15 is 0 Å². The van der Waals surface area contributed by atoms with Crippen LogP contribution in [0.5, 0.6) is 0 Å². The van der Waals surface area contributed by atoms with Gasteiger partial charge < -0.3 is 16.0 Å². The van der Waals surface area contributed by atoms with Crippen molar-refractivity contribution >= 4 is 24.0 Å². The number of benzene rings is 1. The fourth-order valence-corrected chi connectivity index (χ4v) is 2.54. The molecule has 5 nitrogen and oxygen atoms in total. The number of nitrogens with zero attached hydrogens (tertiary/aromatic N) is 2. The third-order valence-electron chi connectivity index (χ3n) is 3.86. The molecule has 1 unspecified atom stereocenters. The fraction of sp³-hybridized carbons (Fsp3) is 0.562. The number of piperazine rings is 1. The lowest BCUT2D eigenvalue weighted by molar-refractivity contribution is -0.121. The molecule has 1 aliphatic heterocycles. The van der Waals surface area contributed by atoms with Crippen LogP contribution in [0.2, 0.25) is 0 Å². The van der Waals surface area contributed by atoms with Crippen molar-refractivity contribution in [3.8, 4) is 0 Å². The van der Waals surface area contributed by atoms with E-state index in [2.05, 4.69) is 45.4 Å². The smallest absolute Gasteiger partial charge is 0.236 e. The third kappa shape index (κ3) is 5.83. The molecule has 22 heavy (non-hydrogen) atoms. The second-order valence-electron chi connectivity index (χ2n) is 5.60. The minimum atomic E-state index is -0.417. The standard InChI is InChI=1S/C16H26N4O.ClH/c1-14(17)16(21)18-8-5-9-19-10-12-20(13-11-19)15-6-3-2-4-7-15;/h2-4,6-7,14H,5,8-13,17H2,1H3,(H,18,21);1H. The predicted molar refractivity (Wildman–Crippen MR) is 93.6 cm³/mol. The molecule has 6 heteroatoms. The summed E-state index contributed by atoms with van der Waals surface area (Å²) >= 11 is 0. The Balaban J connectivity index is 0.00000242. The van der Waals surface area contributed by atoms with E-state index in [0.29, 0.717) is 6.54 Å². The van der Waals surface area contributed by atoms with Crippen LogP contribution in [0.3, 0.4) is 0 Å². The van der Waals surface area contributed by atoms with Gasteiger partial charge in [-0.15, -0.1) is 12.4 Å². The summed E-state index contributed by atoms with van der Waals surface area (Å²) in [6.07, 6.45) is 0.976. The highest BCUT2D eigenvalue weighted by molar-refractivity contribution is 5.85. The lowest BCUT2D eigenvalue weighted by Crippen LogP contribution is -2.47. The highest BCUT2D eigenvalue weighted by Crippen LogP contribution is 2.15. The maximum atomic E-state index is 11.3. The first-order valence-electron chi connectivity index (χ1n) is 7.72. The van der Waals surface area contributed by atoms with Crippen molar-refractivity contribution in [3.05, 3.63) is 30.3 Å². The molecule has 0 aliphatic carbocycles. The Morgan fingerprint density at radius 3 is 2.45 bits per heavy atom. The molecule has 2 rings (SSSR count). The number of hydrogen-bond donors (Lipinski definition) is 2. The van der Waals surface area contributed by atoms with Crippen molar-refractivity contribution in [2.75, 3.05) is 44.2 Å². The molecule has 0 saturated carbocycles. The second-order valence-corrected chi connectivity index (χ2v) is 5.60. The van der Waals surface area contributed by atoms with Crippen LogP contribution in [0.25, 0.3) is 0 Å². The van der Waals surface area contributed by atoms with Crippen molar-refractivity contribution in [3.63, 3.8) is 0 Å². The normalized spacial score (nSPS) is 16.7. The number of anilines is 1. The lowest BCUT2D eigenvalue weighted by atomic mass is 10.2. The average molecular weight is 327 g/mol. The summed E-state index contributed by atoms with van der Waals surface area (Å²) in [6, 6.07) is 10.1. The number of nitrogens with one attached hydrogen (secondary N) is 1. The molecule has 0 spiro atoms. The molecule has 1 aromatic rings. The van der Waals surface area contributed by atoms with E-state index in [0.717, 1.165) is 39.1 Å². The van der Waals surface area contributed by atoms with Gasteiger partial charge in [0.25, 0.3) is 0 Å². The van der Waals surface area contributed by atoms with Gasteiger partial charge in [0, 0.05) is 38.4 Å². The SMILES string of the molecule is CC(N)C(=O)NCCCN1CCN(c2ccccc2)CC1.Cl. The first-order valence-corrected chi connectivity index (χ1v) is 7.72. The van der Waals surface area contributed by atoms with Crippen LogP contribution in [-0.4, -0.2) is 56.1 Å². The summed E-state index contributed by atoms with van der Waals surface area (Å²) < 4.78 is 0. The van der Waals surface area contributed by atoms with Gasteiger partial charge in [-0.05, 0) is 32.0 Å². The first-order chi connectivity index (χ1) is 10.2. The Bertz CT molecular complexity index is 433. The molecule has 1 fully saturated rings. The minimum Gasteiger partial charge on any atom is -0.369 e. The maximum absolute atomic E-state index is 11.3. The van der Waals surface area contributed by atoms with Gasteiger partial charge >= 0.3 is 0 Å². The van der Waals surface area contributed by atoms with Crippen molar-refractivity contribution in [1.29, 1.82) is 0 Å². The van der Waals surface area contributed by atoms with Gasteiger partial charge in [-0.2, -0.15) is 0 Å². The predicted octanol–water partition coefficient (Wildman–Crippen LogP) is 1.08. The first kappa shape index (κ1) is 18.7. The zero-order valence-electron chi connectivity index (χ0n) is 13.2. The number of amides is 1. The van der Waals surface area contributed by atoms with Gasteiger partial charge in [0.2, 0.25) is 5.91 Å². The molecule has 1 aromatic carbocycles. The number of carbonyl (C=O) groups excluding carboxylic acids is 1. The Morgan fingerprint density at radius 2 is 1.86 bits per heavy atom. The van der Waals surface area contributed by atoms with Crippen LogP contribution in [0.4, 0.5) is 5.69 Å². The van der Waals surface area contributed by atoms with Crippen molar-refractivity contribution in [2.24, 2.45) is 5.73 Å². The van der Waals surface area contributed by atoms with Crippen molar-refractivity contribution in [2.45, 2.75) is 19.4 Å². The monoisotopic (exact) mass is 326 g/mol. The van der Waals surface area contributed by atoms with Gasteiger partial charge in [0.15, 0.2) is 0 Å². The number of para-hydroxylation sites is 1. The summed E-state index contributed by atoms with van der Waals surface area (Å²) in [7, 11) is 0. The number of rotatable bonds is 6. The zero-order valence-corrected chi connectivity index (χ0v) is 14.0. The third-order valence-corrected chi connectivity index (χ3v) is 3.86. The molecular formula is C16H27ClN4O. The van der Waals surface area contributed by atoms with Crippen LogP contribution in [0, 0.1) is 0 Å². The van der Waals surface area contributed by atoms with Crippen molar-refractivity contribution < 1.29 is 4.79 Å². The Labute approximate surface area is 139 Å². The van der Waals surface area contributed by atoms with Gasteiger partial charge in [0.05, 0.1) is 6.04 Å². The lowest BCUT2D eigenvalue weighted by Gasteiger charge is -2.36. The quantitative estimate of drug-likeness (QED) is 0.768. The highest BCUT2D eigenvalue weighted by atomic mass is 35.5. The minimum absolute atomic E-state index is 0. The molecule has 3 N–H and O–H groups in total. The summed E-state index contributed by atoms with van der Waals surface area (Å²) in [6.45, 7) is 7.73. The molecule has 0 aromatic heterocycles. The van der Waals surface area contributed by atoms with Gasteiger partial charge in [-0.3, -0.25) is 9.69 Å². The molecule has 0 radical (unpaired) electrons. The van der Waals surface area contributed by atoms with Crippen LogP contribution >= 0.6 is 12.4 Å². The van der Waals surface area contributed by atoms with Crippen LogP contribution in [0.1, 0.15) is 13.3 Å². The number of nitrogens with two attached hydrogens (primary N) is 1. The molecule has 1 amide bonds. The van der Waals surface area contributed by atoms with E-state index in [1.165, 1.54) is 5.69 Å². The van der Waals surface area contributed by atoms with Crippen molar-refractivity contribution in [1.82, 2.24) is 10.2 Å². The van der Waals surface area contributed by atoms with E-state index in [9.17, 15) is 4.79 Å². The average Bonchev–Trinajstić information content (AvgIpc) is 2.52. The molecule has 1 atom stereocenters. The number of carbonyl (C=O) groups is 1. The Morgan fingerprint density at radius 1 is 1.23 bits per heavy atom. The van der Waals surface area contributed by atoms with E-state index < -0.39 is 6.04 Å². The van der Waals surface area contributed by atoms with Gasteiger partial charge in [-0.25, -0.2) is 0 Å². The largest absolute Gasteiger partial charge is 0.369 e.